The van der Waals surface area contributed by atoms with Crippen LogP contribution in [-0.2, 0) is 10.4 Å². The lowest BCUT2D eigenvalue weighted by atomic mass is 10.3. The minimum absolute atomic E-state index is 0.693. The molecule has 0 saturated carbocycles. The van der Waals surface area contributed by atoms with Crippen molar-refractivity contribution in [2.45, 2.75) is 0 Å². The van der Waals surface area contributed by atoms with Crippen molar-refractivity contribution in [3.63, 3.8) is 0 Å². The molecule has 9 heteroatoms. The van der Waals surface area contributed by atoms with E-state index in [0.717, 1.165) is 5.75 Å². The summed E-state index contributed by atoms with van der Waals surface area (Å²) in [5.41, 5.74) is 3.22. The molecule has 0 amide bonds. The van der Waals surface area contributed by atoms with Gasteiger partial charge in [0, 0.05) is 6.07 Å². The molecule has 0 aliphatic carbocycles. The Morgan fingerprint density at radius 1 is 1.24 bits per heavy atom. The lowest BCUT2D eigenvalue weighted by Gasteiger charge is -2.08. The number of rotatable bonds is 3. The van der Waals surface area contributed by atoms with E-state index in [1.165, 1.54) is 0 Å². The normalized spacial score (nSPS) is 9.94. The van der Waals surface area contributed by atoms with Crippen LogP contribution in [0.4, 0.5) is 5.69 Å². The Morgan fingerprint density at radius 2 is 1.76 bits per heavy atom. The van der Waals surface area contributed by atoms with Gasteiger partial charge >= 0.3 is 10.4 Å². The SMILES string of the molecule is COc1ccc(OC)c(NN)c1.O=S(=O)(O)O. The first kappa shape index (κ1) is 15.4. The molecule has 0 saturated heterocycles. The maximum absolute atomic E-state index is 8.74. The van der Waals surface area contributed by atoms with Crippen LogP contribution in [0.1, 0.15) is 0 Å². The fourth-order valence-corrected chi connectivity index (χ4v) is 0.927. The summed E-state index contributed by atoms with van der Waals surface area (Å²) in [6.07, 6.45) is 0. The molecule has 98 valence electrons. The molecule has 1 aromatic rings. The third-order valence-electron chi connectivity index (χ3n) is 1.56. The van der Waals surface area contributed by atoms with Crippen molar-refractivity contribution in [1.29, 1.82) is 0 Å². The van der Waals surface area contributed by atoms with Crippen LogP contribution in [0.15, 0.2) is 18.2 Å². The number of benzene rings is 1. The van der Waals surface area contributed by atoms with Crippen LogP contribution < -0.4 is 20.7 Å². The van der Waals surface area contributed by atoms with E-state index in [1.807, 2.05) is 0 Å². The molecule has 0 unspecified atom stereocenters. The van der Waals surface area contributed by atoms with Crippen LogP contribution in [0.3, 0.4) is 0 Å². The zero-order valence-corrected chi connectivity index (χ0v) is 10.1. The van der Waals surface area contributed by atoms with Gasteiger partial charge in [0.05, 0.1) is 19.9 Å². The van der Waals surface area contributed by atoms with Gasteiger partial charge in [0.25, 0.3) is 0 Å². The fourth-order valence-electron chi connectivity index (χ4n) is 0.927. The number of hydrogen-bond acceptors (Lipinski definition) is 6. The van der Waals surface area contributed by atoms with Gasteiger partial charge < -0.3 is 14.9 Å². The molecule has 1 aromatic carbocycles. The second-order valence-corrected chi connectivity index (χ2v) is 3.55. The van der Waals surface area contributed by atoms with Gasteiger partial charge in [-0.25, -0.2) is 0 Å². The molecule has 0 bridgehead atoms. The third kappa shape index (κ3) is 7.36. The number of hydrogen-bond donors (Lipinski definition) is 4. The summed E-state index contributed by atoms with van der Waals surface area (Å²) in [7, 11) is -1.48. The largest absolute Gasteiger partial charge is 0.497 e. The van der Waals surface area contributed by atoms with Crippen LogP contribution in [-0.4, -0.2) is 31.7 Å². The van der Waals surface area contributed by atoms with Gasteiger partial charge in [-0.2, -0.15) is 8.42 Å². The lowest BCUT2D eigenvalue weighted by Crippen LogP contribution is -2.08. The Labute approximate surface area is 98.9 Å². The van der Waals surface area contributed by atoms with E-state index in [-0.39, 0.29) is 0 Å². The Kier molecular flexibility index (Phi) is 6.28. The Morgan fingerprint density at radius 3 is 2.12 bits per heavy atom. The third-order valence-corrected chi connectivity index (χ3v) is 1.56. The van der Waals surface area contributed by atoms with Gasteiger partial charge in [-0.3, -0.25) is 14.9 Å². The second kappa shape index (κ2) is 6.91. The van der Waals surface area contributed by atoms with E-state index in [2.05, 4.69) is 5.43 Å². The van der Waals surface area contributed by atoms with Gasteiger partial charge in [-0.1, -0.05) is 0 Å². The number of nitrogen functional groups attached to an aromatic ring is 1. The van der Waals surface area contributed by atoms with E-state index in [4.69, 9.17) is 32.8 Å². The number of nitrogens with one attached hydrogen (secondary N) is 1. The Hall–Kier alpha value is -1.55. The highest BCUT2D eigenvalue weighted by atomic mass is 32.3. The molecule has 0 spiro atoms. The predicted octanol–water partition coefficient (Wildman–Crippen LogP) is 0.337. The first-order chi connectivity index (χ1) is 7.81. The highest BCUT2D eigenvalue weighted by Crippen LogP contribution is 2.27. The molecule has 0 aliphatic rings. The van der Waals surface area contributed by atoms with E-state index in [9.17, 15) is 0 Å². The maximum atomic E-state index is 8.74. The summed E-state index contributed by atoms with van der Waals surface area (Å²) in [5.74, 6) is 6.70. The summed E-state index contributed by atoms with van der Waals surface area (Å²) in [6.45, 7) is 0. The molecule has 0 fully saturated rings. The van der Waals surface area contributed by atoms with Crippen molar-refractivity contribution in [2.75, 3.05) is 19.6 Å². The standard InChI is InChI=1S/C8H12N2O2.H2O4S/c1-11-6-3-4-8(12-2)7(5-6)10-9;1-5(2,3)4/h3-5,10H,9H2,1-2H3;(H2,1,2,3,4). The van der Waals surface area contributed by atoms with Crippen LogP contribution >= 0.6 is 0 Å². The predicted molar refractivity (Wildman–Crippen MR) is 61.5 cm³/mol. The van der Waals surface area contributed by atoms with Crippen molar-refractivity contribution in [3.05, 3.63) is 18.2 Å². The van der Waals surface area contributed by atoms with Gasteiger partial charge in [-0.15, -0.1) is 0 Å². The summed E-state index contributed by atoms with van der Waals surface area (Å²) in [5, 5.41) is 0. The van der Waals surface area contributed by atoms with E-state index >= 15 is 0 Å². The Balaban J connectivity index is 0.000000437. The quantitative estimate of drug-likeness (QED) is 0.350. The molecule has 5 N–H and O–H groups in total. The average Bonchev–Trinajstić information content (AvgIpc) is 2.25. The molecule has 1 rings (SSSR count). The fraction of sp³-hybridized carbons (Fsp3) is 0.250. The molecule has 17 heavy (non-hydrogen) atoms. The highest BCUT2D eigenvalue weighted by Gasteiger charge is 2.01. The number of anilines is 1. The summed E-state index contributed by atoms with van der Waals surface area (Å²) in [6, 6.07) is 5.35. The number of nitrogens with two attached hydrogens (primary N) is 1. The first-order valence-electron chi connectivity index (χ1n) is 4.20. The van der Waals surface area contributed by atoms with Crippen LogP contribution in [0.25, 0.3) is 0 Å². The summed E-state index contributed by atoms with van der Waals surface area (Å²) in [4.78, 5) is 0. The second-order valence-electron chi connectivity index (χ2n) is 2.66. The molecule has 0 aromatic heterocycles. The highest BCUT2D eigenvalue weighted by molar-refractivity contribution is 7.79. The van der Waals surface area contributed by atoms with Crippen molar-refractivity contribution in [2.24, 2.45) is 5.84 Å². The van der Waals surface area contributed by atoms with E-state index in [1.54, 1.807) is 32.4 Å². The number of ether oxygens (including phenoxy) is 2. The van der Waals surface area contributed by atoms with Crippen molar-refractivity contribution in [3.8, 4) is 11.5 Å². The zero-order valence-electron chi connectivity index (χ0n) is 9.25. The molecule has 8 nitrogen and oxygen atoms in total. The monoisotopic (exact) mass is 266 g/mol. The minimum Gasteiger partial charge on any atom is -0.497 e. The molecule has 0 radical (unpaired) electrons. The molecule has 0 aliphatic heterocycles. The molecule has 0 heterocycles. The first-order valence-corrected chi connectivity index (χ1v) is 5.60. The number of methoxy groups -OCH3 is 2. The average molecular weight is 266 g/mol. The minimum atomic E-state index is -4.67. The lowest BCUT2D eigenvalue weighted by molar-refractivity contribution is 0.381. The maximum Gasteiger partial charge on any atom is 0.394 e. The van der Waals surface area contributed by atoms with E-state index < -0.39 is 10.4 Å². The van der Waals surface area contributed by atoms with Crippen molar-refractivity contribution < 1.29 is 27.0 Å². The molecule has 0 atom stereocenters. The summed E-state index contributed by atoms with van der Waals surface area (Å²) < 4.78 is 41.6. The van der Waals surface area contributed by atoms with Crippen LogP contribution in [0.5, 0.6) is 11.5 Å². The van der Waals surface area contributed by atoms with Gasteiger partial charge in [0.2, 0.25) is 0 Å². The topological polar surface area (TPSA) is 131 Å². The Bertz CT molecular complexity index is 439. The smallest absolute Gasteiger partial charge is 0.394 e. The van der Waals surface area contributed by atoms with Gasteiger partial charge in [0.1, 0.15) is 11.5 Å². The van der Waals surface area contributed by atoms with Crippen LogP contribution in [0.2, 0.25) is 0 Å². The van der Waals surface area contributed by atoms with E-state index in [0.29, 0.717) is 11.4 Å². The molecular weight excluding hydrogens is 252 g/mol. The van der Waals surface area contributed by atoms with Crippen molar-refractivity contribution in [1.82, 2.24) is 0 Å². The zero-order chi connectivity index (χ0) is 13.5. The van der Waals surface area contributed by atoms with Crippen LogP contribution in [0, 0.1) is 0 Å². The van der Waals surface area contributed by atoms with Crippen molar-refractivity contribution >= 4 is 16.1 Å². The van der Waals surface area contributed by atoms with Gasteiger partial charge in [-0.05, 0) is 12.1 Å². The van der Waals surface area contributed by atoms with Gasteiger partial charge in [0.15, 0.2) is 0 Å². The summed E-state index contributed by atoms with van der Waals surface area (Å²) >= 11 is 0. The number of hydrazine groups is 1. The molecular formula is C8H14N2O6S.